The number of nitrogens with zero attached hydrogens (tertiary/aromatic N) is 2. The van der Waals surface area contributed by atoms with E-state index in [4.69, 9.17) is 0 Å². The van der Waals surface area contributed by atoms with Gasteiger partial charge in [0.05, 0.1) is 28.0 Å². The number of aromatic nitrogens is 1. The molecule has 2 aromatic rings. The number of carbonyl (C=O) groups excluding carboxylic acids is 2. The molecule has 1 unspecified atom stereocenters. The van der Waals surface area contributed by atoms with Gasteiger partial charge in [-0.25, -0.2) is 9.00 Å². The number of rotatable bonds is 3. The summed E-state index contributed by atoms with van der Waals surface area (Å²) in [6.07, 6.45) is 4.21. The second-order valence-corrected chi connectivity index (χ2v) is 7.78. The maximum absolute atomic E-state index is 12.7. The number of amides is 1. The molecule has 0 fully saturated rings. The highest BCUT2D eigenvalue weighted by Gasteiger charge is 2.14. The molecule has 23 heavy (non-hydrogen) atoms. The normalized spacial score (nSPS) is 13.0. The summed E-state index contributed by atoms with van der Waals surface area (Å²) < 4.78 is 21.8. The van der Waals surface area contributed by atoms with Crippen molar-refractivity contribution in [3.8, 4) is 0 Å². The molecule has 1 heterocycles. The van der Waals surface area contributed by atoms with E-state index in [0.29, 0.717) is 4.47 Å². The van der Waals surface area contributed by atoms with E-state index in [-0.39, 0.29) is 16.0 Å². The van der Waals surface area contributed by atoms with Crippen LogP contribution in [0.15, 0.2) is 56.5 Å². The fraction of sp³-hybridized carbons (Fsp3) is 0.133. The highest BCUT2D eigenvalue weighted by atomic mass is 79.9. The highest BCUT2D eigenvalue weighted by Crippen LogP contribution is 2.17. The van der Waals surface area contributed by atoms with Crippen LogP contribution in [0, 0.1) is 0 Å². The van der Waals surface area contributed by atoms with Gasteiger partial charge in [-0.15, -0.1) is 0 Å². The number of benzene rings is 1. The van der Waals surface area contributed by atoms with E-state index in [0.717, 1.165) is 0 Å². The summed E-state index contributed by atoms with van der Waals surface area (Å²) in [5.41, 5.74) is 0.462. The van der Waals surface area contributed by atoms with Gasteiger partial charge in [0.25, 0.3) is 5.91 Å². The Hall–Kier alpha value is -2.06. The van der Waals surface area contributed by atoms with Crippen molar-refractivity contribution in [1.82, 2.24) is 4.98 Å². The van der Waals surface area contributed by atoms with Crippen LogP contribution in [0.5, 0.6) is 0 Å². The number of carbonyl (C=O) groups is 2. The van der Waals surface area contributed by atoms with Crippen LogP contribution < -0.4 is 0 Å². The fourth-order valence-electron chi connectivity index (χ4n) is 1.77. The summed E-state index contributed by atoms with van der Waals surface area (Å²) in [6, 6.07) is 7.59. The zero-order valence-corrected chi connectivity index (χ0v) is 14.8. The van der Waals surface area contributed by atoms with Crippen molar-refractivity contribution in [2.45, 2.75) is 4.90 Å². The van der Waals surface area contributed by atoms with Gasteiger partial charge in [0.15, 0.2) is 0 Å². The Labute approximate surface area is 142 Å². The molecule has 1 atom stereocenters. The Morgan fingerprint density at radius 2 is 1.96 bits per heavy atom. The minimum atomic E-state index is -3.01. The number of hydrogen-bond donors (Lipinski definition) is 0. The number of esters is 1. The summed E-state index contributed by atoms with van der Waals surface area (Å²) >= 11 is 3.21. The Bertz CT molecular complexity index is 889. The molecule has 1 aromatic heterocycles. The summed E-state index contributed by atoms with van der Waals surface area (Å²) in [4.78, 5) is 27.9. The molecule has 6 nitrogen and oxygen atoms in total. The van der Waals surface area contributed by atoms with Crippen LogP contribution in [0.2, 0.25) is 0 Å². The van der Waals surface area contributed by atoms with Crippen LogP contribution in [0.3, 0.4) is 0 Å². The number of pyridine rings is 1. The molecule has 0 aliphatic carbocycles. The van der Waals surface area contributed by atoms with Gasteiger partial charge in [0.1, 0.15) is 0 Å². The van der Waals surface area contributed by atoms with Crippen molar-refractivity contribution in [2.75, 3.05) is 13.4 Å². The minimum Gasteiger partial charge on any atom is -0.465 e. The van der Waals surface area contributed by atoms with Crippen molar-refractivity contribution < 1.29 is 18.5 Å². The third kappa shape index (κ3) is 4.23. The van der Waals surface area contributed by atoms with Crippen molar-refractivity contribution in [2.24, 2.45) is 4.36 Å². The molecule has 0 spiro atoms. The topological polar surface area (TPSA) is 85.7 Å². The van der Waals surface area contributed by atoms with Crippen LogP contribution in [0.1, 0.15) is 20.7 Å². The molecule has 0 saturated heterocycles. The maximum Gasteiger partial charge on any atom is 0.337 e. The third-order valence-electron chi connectivity index (χ3n) is 2.90. The van der Waals surface area contributed by atoms with E-state index >= 15 is 0 Å². The van der Waals surface area contributed by atoms with Gasteiger partial charge < -0.3 is 4.74 Å². The third-order valence-corrected chi connectivity index (χ3v) is 4.98. The SMILES string of the molecule is COC(=O)c1cccc(S(C)(=O)=NC(=O)c2cncc(Br)c2)c1. The van der Waals surface area contributed by atoms with E-state index in [1.165, 1.54) is 37.9 Å². The van der Waals surface area contributed by atoms with E-state index in [1.807, 2.05) is 0 Å². The average Bonchev–Trinajstić information content (AvgIpc) is 2.54. The molecule has 0 N–H and O–H groups in total. The predicted molar refractivity (Wildman–Crippen MR) is 88.8 cm³/mol. The van der Waals surface area contributed by atoms with Gasteiger partial charge in [-0.3, -0.25) is 9.78 Å². The molecule has 2 rings (SSSR count). The van der Waals surface area contributed by atoms with Crippen LogP contribution in [-0.4, -0.2) is 34.4 Å². The number of ether oxygens (including phenoxy) is 1. The zero-order valence-electron chi connectivity index (χ0n) is 12.4. The summed E-state index contributed by atoms with van der Waals surface area (Å²) in [5.74, 6) is -1.20. The Morgan fingerprint density at radius 3 is 2.61 bits per heavy atom. The first-order chi connectivity index (χ1) is 10.8. The lowest BCUT2D eigenvalue weighted by Gasteiger charge is -2.06. The maximum atomic E-state index is 12.7. The van der Waals surface area contributed by atoms with E-state index in [9.17, 15) is 13.8 Å². The van der Waals surface area contributed by atoms with Gasteiger partial charge >= 0.3 is 5.97 Å². The second-order valence-electron chi connectivity index (χ2n) is 4.61. The largest absolute Gasteiger partial charge is 0.465 e. The van der Waals surface area contributed by atoms with Crippen LogP contribution in [0.4, 0.5) is 0 Å². The minimum absolute atomic E-state index is 0.220. The van der Waals surface area contributed by atoms with Crippen molar-refractivity contribution in [3.05, 3.63) is 58.3 Å². The van der Waals surface area contributed by atoms with Crippen LogP contribution >= 0.6 is 15.9 Å². The fourth-order valence-corrected chi connectivity index (χ4v) is 3.34. The van der Waals surface area contributed by atoms with Crippen molar-refractivity contribution in [3.63, 3.8) is 0 Å². The molecule has 1 aromatic carbocycles. The monoisotopic (exact) mass is 396 g/mol. The van der Waals surface area contributed by atoms with Crippen LogP contribution in [0.25, 0.3) is 0 Å². The molecule has 8 heteroatoms. The van der Waals surface area contributed by atoms with Gasteiger partial charge in [-0.1, -0.05) is 6.07 Å². The number of methoxy groups -OCH3 is 1. The van der Waals surface area contributed by atoms with E-state index < -0.39 is 21.6 Å². The molecule has 0 radical (unpaired) electrons. The Kier molecular flexibility index (Phi) is 5.27. The highest BCUT2D eigenvalue weighted by molar-refractivity contribution is 9.10. The second kappa shape index (κ2) is 7.01. The standard InChI is InChI=1S/C15H13BrN2O4S/c1-22-15(20)10-4-3-5-13(7-10)23(2,21)18-14(19)11-6-12(16)9-17-8-11/h3-9H,1-2H3. The molecule has 0 bridgehead atoms. The first-order valence-corrected chi connectivity index (χ1v) is 9.10. The van der Waals surface area contributed by atoms with Crippen molar-refractivity contribution >= 4 is 37.5 Å². The zero-order chi connectivity index (χ0) is 17.0. The van der Waals surface area contributed by atoms with Crippen LogP contribution in [-0.2, 0) is 14.5 Å². The van der Waals surface area contributed by atoms with Gasteiger partial charge in [-0.05, 0) is 40.2 Å². The van der Waals surface area contributed by atoms with E-state index in [2.05, 4.69) is 30.0 Å². The quantitative estimate of drug-likeness (QED) is 0.744. The summed E-state index contributed by atoms with van der Waals surface area (Å²) in [5, 5.41) is 0. The Morgan fingerprint density at radius 1 is 1.22 bits per heavy atom. The Balaban J connectivity index is 2.43. The van der Waals surface area contributed by atoms with E-state index in [1.54, 1.807) is 18.2 Å². The first-order valence-electron chi connectivity index (χ1n) is 6.39. The molecule has 120 valence electrons. The summed E-state index contributed by atoms with van der Waals surface area (Å²) in [6.45, 7) is 0. The predicted octanol–water partition coefficient (Wildman–Crippen LogP) is 2.93. The molecule has 0 aliphatic rings. The molecule has 1 amide bonds. The molecular formula is C15H13BrN2O4S. The van der Waals surface area contributed by atoms with Gasteiger partial charge in [0.2, 0.25) is 0 Å². The smallest absolute Gasteiger partial charge is 0.337 e. The lowest BCUT2D eigenvalue weighted by Crippen LogP contribution is -2.07. The molecular weight excluding hydrogens is 384 g/mol. The average molecular weight is 397 g/mol. The lowest BCUT2D eigenvalue weighted by molar-refractivity contribution is 0.0600. The number of halogens is 1. The first kappa shape index (κ1) is 17.3. The summed E-state index contributed by atoms with van der Waals surface area (Å²) in [7, 11) is -1.75. The van der Waals surface area contributed by atoms with Gasteiger partial charge in [0, 0.05) is 28.0 Å². The van der Waals surface area contributed by atoms with Crippen molar-refractivity contribution in [1.29, 1.82) is 0 Å². The molecule has 0 saturated carbocycles. The molecule has 0 aliphatic heterocycles. The lowest BCUT2D eigenvalue weighted by atomic mass is 10.2. The van der Waals surface area contributed by atoms with Gasteiger partial charge in [-0.2, -0.15) is 4.36 Å². The number of hydrogen-bond acceptors (Lipinski definition) is 5.